The first-order valence-corrected chi connectivity index (χ1v) is 8.87. The number of pyridine rings is 1. The van der Waals surface area contributed by atoms with Gasteiger partial charge in [0.05, 0.1) is 25.3 Å². The third-order valence-electron chi connectivity index (χ3n) is 4.71. The van der Waals surface area contributed by atoms with Gasteiger partial charge in [-0.1, -0.05) is 12.1 Å². The number of aromatic nitrogens is 3. The fourth-order valence-corrected chi connectivity index (χ4v) is 2.98. The fourth-order valence-electron chi connectivity index (χ4n) is 2.98. The SMILES string of the molecule is COCc1cccc(OCC2(Cn3nc(-c4cccnc4)oc3=O)CC2)c1. The molecule has 1 aliphatic carbocycles. The van der Waals surface area contributed by atoms with Crippen LogP contribution in [0.2, 0.25) is 0 Å². The van der Waals surface area contributed by atoms with Gasteiger partial charge in [-0.25, -0.2) is 4.79 Å². The maximum atomic E-state index is 12.2. The van der Waals surface area contributed by atoms with Gasteiger partial charge >= 0.3 is 5.76 Å². The maximum Gasteiger partial charge on any atom is 0.437 e. The molecule has 0 unspecified atom stereocenters. The average molecular weight is 367 g/mol. The van der Waals surface area contributed by atoms with Crippen molar-refractivity contribution >= 4 is 0 Å². The largest absolute Gasteiger partial charge is 0.493 e. The number of rotatable bonds is 8. The number of hydrogen-bond acceptors (Lipinski definition) is 6. The normalized spacial score (nSPS) is 14.9. The number of benzene rings is 1. The number of hydrogen-bond donors (Lipinski definition) is 0. The molecule has 4 rings (SSSR count). The summed E-state index contributed by atoms with van der Waals surface area (Å²) in [6.07, 6.45) is 5.27. The molecule has 0 spiro atoms. The lowest BCUT2D eigenvalue weighted by atomic mass is 10.1. The number of methoxy groups -OCH3 is 1. The molecule has 1 saturated carbocycles. The smallest absolute Gasteiger partial charge is 0.437 e. The van der Waals surface area contributed by atoms with Crippen molar-refractivity contribution < 1.29 is 13.9 Å². The van der Waals surface area contributed by atoms with E-state index in [2.05, 4.69) is 10.1 Å². The summed E-state index contributed by atoms with van der Waals surface area (Å²) >= 11 is 0. The van der Waals surface area contributed by atoms with Gasteiger partial charge < -0.3 is 13.9 Å². The number of ether oxygens (including phenoxy) is 2. The third kappa shape index (κ3) is 4.09. The topological polar surface area (TPSA) is 79.4 Å². The van der Waals surface area contributed by atoms with Crippen molar-refractivity contribution in [3.63, 3.8) is 0 Å². The highest BCUT2D eigenvalue weighted by atomic mass is 16.5. The molecule has 1 aliphatic rings. The van der Waals surface area contributed by atoms with Crippen LogP contribution in [0.5, 0.6) is 5.75 Å². The van der Waals surface area contributed by atoms with Crippen LogP contribution in [0.3, 0.4) is 0 Å². The van der Waals surface area contributed by atoms with E-state index in [1.54, 1.807) is 25.6 Å². The van der Waals surface area contributed by atoms with E-state index >= 15 is 0 Å². The maximum absolute atomic E-state index is 12.2. The van der Waals surface area contributed by atoms with Crippen molar-refractivity contribution in [3.05, 3.63) is 64.9 Å². The van der Waals surface area contributed by atoms with Crippen LogP contribution in [0.15, 0.2) is 58.0 Å². The molecular weight excluding hydrogens is 346 g/mol. The van der Waals surface area contributed by atoms with Crippen molar-refractivity contribution in [1.82, 2.24) is 14.8 Å². The molecule has 7 heteroatoms. The zero-order valence-electron chi connectivity index (χ0n) is 15.1. The molecule has 1 aromatic carbocycles. The Hall–Kier alpha value is -2.93. The van der Waals surface area contributed by atoms with Crippen molar-refractivity contribution in [2.24, 2.45) is 5.41 Å². The highest BCUT2D eigenvalue weighted by Gasteiger charge is 2.45. The van der Waals surface area contributed by atoms with Crippen LogP contribution in [0, 0.1) is 5.41 Å². The molecule has 0 saturated heterocycles. The molecule has 0 bridgehead atoms. The molecule has 27 heavy (non-hydrogen) atoms. The fraction of sp³-hybridized carbons (Fsp3) is 0.350. The van der Waals surface area contributed by atoms with Crippen LogP contribution in [0.4, 0.5) is 0 Å². The van der Waals surface area contributed by atoms with Crippen molar-refractivity contribution in [1.29, 1.82) is 0 Å². The molecule has 0 aliphatic heterocycles. The molecule has 0 amide bonds. The summed E-state index contributed by atoms with van der Waals surface area (Å²) in [5.74, 6) is 0.638. The van der Waals surface area contributed by atoms with Gasteiger partial charge in [0.2, 0.25) is 0 Å². The third-order valence-corrected chi connectivity index (χ3v) is 4.71. The standard InChI is InChI=1S/C20H21N3O4/c1-25-12-15-4-2-6-17(10-15)26-14-20(7-8-20)13-23-19(24)27-18(22-23)16-5-3-9-21-11-16/h2-6,9-11H,7-8,12-14H2,1H3. The zero-order valence-corrected chi connectivity index (χ0v) is 15.1. The minimum atomic E-state index is -0.456. The van der Waals surface area contributed by atoms with Crippen LogP contribution >= 0.6 is 0 Å². The lowest BCUT2D eigenvalue weighted by Gasteiger charge is -2.16. The lowest BCUT2D eigenvalue weighted by molar-refractivity contribution is 0.183. The summed E-state index contributed by atoms with van der Waals surface area (Å²) in [5, 5.41) is 4.32. The Morgan fingerprint density at radius 3 is 2.89 bits per heavy atom. The molecule has 0 radical (unpaired) electrons. The van der Waals surface area contributed by atoms with E-state index in [0.717, 1.165) is 24.2 Å². The van der Waals surface area contributed by atoms with Crippen LogP contribution in [-0.2, 0) is 17.9 Å². The van der Waals surface area contributed by atoms with Gasteiger partial charge in [-0.05, 0) is 42.7 Å². The quantitative estimate of drug-likeness (QED) is 0.609. The van der Waals surface area contributed by atoms with E-state index in [1.165, 1.54) is 4.68 Å². The minimum absolute atomic E-state index is 0.0792. The summed E-state index contributed by atoms with van der Waals surface area (Å²) in [6, 6.07) is 11.4. The monoisotopic (exact) mass is 367 g/mol. The molecule has 7 nitrogen and oxygen atoms in total. The van der Waals surface area contributed by atoms with E-state index in [4.69, 9.17) is 13.9 Å². The van der Waals surface area contributed by atoms with Crippen LogP contribution in [0.1, 0.15) is 18.4 Å². The summed E-state index contributed by atoms with van der Waals surface area (Å²) in [4.78, 5) is 16.2. The molecule has 140 valence electrons. The van der Waals surface area contributed by atoms with Gasteiger partial charge in [0, 0.05) is 24.9 Å². The Morgan fingerprint density at radius 2 is 2.15 bits per heavy atom. The lowest BCUT2D eigenvalue weighted by Crippen LogP contribution is -2.26. The first-order valence-electron chi connectivity index (χ1n) is 8.87. The van der Waals surface area contributed by atoms with Crippen molar-refractivity contribution in [2.75, 3.05) is 13.7 Å². The zero-order chi connectivity index (χ0) is 18.7. The van der Waals surface area contributed by atoms with E-state index in [-0.39, 0.29) is 11.3 Å². The Kier molecular flexibility index (Phi) is 4.77. The first-order chi connectivity index (χ1) is 13.2. The van der Waals surface area contributed by atoms with Gasteiger partial charge in [0.1, 0.15) is 5.75 Å². The molecule has 2 heterocycles. The van der Waals surface area contributed by atoms with Gasteiger partial charge in [0.25, 0.3) is 5.89 Å². The molecule has 3 aromatic rings. The van der Waals surface area contributed by atoms with E-state index in [1.807, 2.05) is 30.3 Å². The Morgan fingerprint density at radius 1 is 1.26 bits per heavy atom. The van der Waals surface area contributed by atoms with Crippen molar-refractivity contribution in [3.8, 4) is 17.2 Å². The van der Waals surface area contributed by atoms with Crippen LogP contribution < -0.4 is 10.5 Å². The summed E-state index contributed by atoms with van der Waals surface area (Å²) in [5.41, 5.74) is 1.67. The van der Waals surface area contributed by atoms with E-state index in [0.29, 0.717) is 25.3 Å². The van der Waals surface area contributed by atoms with Gasteiger partial charge in [0.15, 0.2) is 0 Å². The predicted molar refractivity (Wildman–Crippen MR) is 98.3 cm³/mol. The second-order valence-corrected chi connectivity index (χ2v) is 6.94. The molecule has 2 aromatic heterocycles. The predicted octanol–water partition coefficient (Wildman–Crippen LogP) is 2.90. The summed E-state index contributed by atoms with van der Waals surface area (Å²) in [7, 11) is 1.67. The minimum Gasteiger partial charge on any atom is -0.493 e. The second kappa shape index (κ2) is 7.36. The van der Waals surface area contributed by atoms with E-state index < -0.39 is 5.76 Å². The molecule has 1 fully saturated rings. The van der Waals surface area contributed by atoms with Gasteiger partial charge in [-0.15, -0.1) is 5.10 Å². The van der Waals surface area contributed by atoms with Crippen molar-refractivity contribution in [2.45, 2.75) is 26.0 Å². The van der Waals surface area contributed by atoms with Gasteiger partial charge in [-0.3, -0.25) is 4.98 Å². The van der Waals surface area contributed by atoms with Crippen LogP contribution in [-0.4, -0.2) is 28.5 Å². The van der Waals surface area contributed by atoms with E-state index in [9.17, 15) is 4.79 Å². The molecular formula is C20H21N3O4. The first kappa shape index (κ1) is 17.5. The van der Waals surface area contributed by atoms with Crippen LogP contribution in [0.25, 0.3) is 11.5 Å². The van der Waals surface area contributed by atoms with Gasteiger partial charge in [-0.2, -0.15) is 4.68 Å². The average Bonchev–Trinajstić information content (AvgIpc) is 3.37. The summed E-state index contributed by atoms with van der Waals surface area (Å²) < 4.78 is 17.8. The Balaban J connectivity index is 1.43. The molecule has 0 N–H and O–H groups in total. The number of nitrogens with zero attached hydrogens (tertiary/aromatic N) is 3. The second-order valence-electron chi connectivity index (χ2n) is 6.94. The highest BCUT2D eigenvalue weighted by molar-refractivity contribution is 5.49. The summed E-state index contributed by atoms with van der Waals surface area (Å²) in [6.45, 7) is 1.56. The highest BCUT2D eigenvalue weighted by Crippen LogP contribution is 2.47. The Labute approximate surface area is 156 Å². The molecule has 0 atom stereocenters. The Bertz CT molecular complexity index is 961.